The van der Waals surface area contributed by atoms with Crippen molar-refractivity contribution in [3.63, 3.8) is 0 Å². The summed E-state index contributed by atoms with van der Waals surface area (Å²) in [5, 5.41) is 5.55. The molecule has 4 rings (SSSR count). The van der Waals surface area contributed by atoms with Gasteiger partial charge in [-0.05, 0) is 31.3 Å². The highest BCUT2D eigenvalue weighted by Crippen LogP contribution is 2.23. The first kappa shape index (κ1) is 17.7. The molecule has 0 fully saturated rings. The molecule has 0 saturated carbocycles. The molecule has 3 aromatic rings. The average Bonchev–Trinajstić information content (AvgIpc) is 3.19. The van der Waals surface area contributed by atoms with Gasteiger partial charge in [-0.15, -0.1) is 0 Å². The van der Waals surface area contributed by atoms with Gasteiger partial charge in [0.15, 0.2) is 0 Å². The molecule has 0 bridgehead atoms. The zero-order valence-corrected chi connectivity index (χ0v) is 15.9. The smallest absolute Gasteiger partial charge is 0.272 e. The summed E-state index contributed by atoms with van der Waals surface area (Å²) in [7, 11) is 0. The van der Waals surface area contributed by atoms with Crippen LogP contribution in [0.1, 0.15) is 36.1 Å². The normalized spacial score (nSPS) is 16.7. The van der Waals surface area contributed by atoms with E-state index in [1.54, 1.807) is 0 Å². The Labute approximate surface area is 159 Å². The fourth-order valence-corrected chi connectivity index (χ4v) is 3.80. The van der Waals surface area contributed by atoms with Gasteiger partial charge in [-0.2, -0.15) is 5.10 Å². The molecule has 0 unspecified atom stereocenters. The third-order valence-electron chi connectivity index (χ3n) is 5.35. The Morgan fingerprint density at radius 2 is 1.96 bits per heavy atom. The van der Waals surface area contributed by atoms with E-state index in [4.69, 9.17) is 0 Å². The Balaban J connectivity index is 1.60. The summed E-state index contributed by atoms with van der Waals surface area (Å²) in [6.07, 6.45) is 1.83. The van der Waals surface area contributed by atoms with Gasteiger partial charge in [0, 0.05) is 24.7 Å². The van der Waals surface area contributed by atoms with Crippen molar-refractivity contribution in [2.75, 3.05) is 26.2 Å². The van der Waals surface area contributed by atoms with Crippen molar-refractivity contribution in [2.45, 2.75) is 26.4 Å². The van der Waals surface area contributed by atoms with Crippen LogP contribution in [0.3, 0.4) is 0 Å². The van der Waals surface area contributed by atoms with E-state index in [0.717, 1.165) is 36.2 Å². The number of amides is 1. The largest absolute Gasteiger partial charge is 0.329 e. The van der Waals surface area contributed by atoms with Gasteiger partial charge in [0.1, 0.15) is 5.69 Å². The van der Waals surface area contributed by atoms with Gasteiger partial charge in [0.25, 0.3) is 5.91 Å². The van der Waals surface area contributed by atoms with Crippen molar-refractivity contribution in [2.24, 2.45) is 0 Å². The average molecular weight is 363 g/mol. The van der Waals surface area contributed by atoms with Crippen LogP contribution in [0.25, 0.3) is 10.9 Å². The first-order valence-corrected chi connectivity index (χ1v) is 9.59. The first-order chi connectivity index (χ1) is 13.2. The lowest BCUT2D eigenvalue weighted by Crippen LogP contribution is -2.45. The number of aromatic nitrogens is 3. The summed E-state index contributed by atoms with van der Waals surface area (Å²) < 4.78 is 2.08. The van der Waals surface area contributed by atoms with Crippen LogP contribution in [0.5, 0.6) is 0 Å². The summed E-state index contributed by atoms with van der Waals surface area (Å²) in [6, 6.07) is 13.8. The van der Waals surface area contributed by atoms with Crippen molar-refractivity contribution in [3.05, 3.63) is 60.0 Å². The van der Waals surface area contributed by atoms with Crippen LogP contribution >= 0.6 is 0 Å². The SMILES string of the molecule is CCN(CC)C[C@@H]1CN(C(=O)c2ccc3ccccc3n2)Cc2ccnn21. The molecule has 6 heteroatoms. The number of fused-ring (bicyclic) bond motifs is 2. The molecule has 2 aromatic heterocycles. The number of likely N-dealkylation sites (N-methyl/N-ethyl adjacent to an activating group) is 1. The number of hydrogen-bond acceptors (Lipinski definition) is 4. The standard InChI is InChI=1S/C21H25N5O/c1-3-24(4-2)13-18-15-25(14-17-11-12-22-26(17)18)21(27)20-10-9-16-7-5-6-8-19(16)23-20/h5-12,18H,3-4,13-15H2,1-2H3/t18-/m1/s1. The number of pyridine rings is 1. The lowest BCUT2D eigenvalue weighted by Gasteiger charge is -2.36. The molecule has 27 heavy (non-hydrogen) atoms. The van der Waals surface area contributed by atoms with E-state index < -0.39 is 0 Å². The number of carbonyl (C=O) groups is 1. The molecule has 0 aliphatic carbocycles. The molecule has 0 radical (unpaired) electrons. The highest BCUT2D eigenvalue weighted by molar-refractivity contribution is 5.95. The molecule has 0 N–H and O–H groups in total. The van der Waals surface area contributed by atoms with Crippen LogP contribution in [-0.4, -0.2) is 56.7 Å². The Morgan fingerprint density at radius 1 is 1.15 bits per heavy atom. The summed E-state index contributed by atoms with van der Waals surface area (Å²) >= 11 is 0. The number of carbonyl (C=O) groups excluding carboxylic acids is 1. The van der Waals surface area contributed by atoms with E-state index in [1.165, 1.54) is 0 Å². The molecule has 1 amide bonds. The van der Waals surface area contributed by atoms with Crippen LogP contribution in [-0.2, 0) is 6.54 Å². The predicted octanol–water partition coefficient (Wildman–Crippen LogP) is 2.97. The fourth-order valence-electron chi connectivity index (χ4n) is 3.80. The second-order valence-corrected chi connectivity index (χ2v) is 6.98. The monoisotopic (exact) mass is 363 g/mol. The Hall–Kier alpha value is -2.73. The van der Waals surface area contributed by atoms with Crippen LogP contribution in [0.4, 0.5) is 0 Å². The number of nitrogens with zero attached hydrogens (tertiary/aromatic N) is 5. The first-order valence-electron chi connectivity index (χ1n) is 9.59. The lowest BCUT2D eigenvalue weighted by atomic mass is 10.1. The molecule has 3 heterocycles. The lowest BCUT2D eigenvalue weighted by molar-refractivity contribution is 0.0637. The minimum atomic E-state index is -0.0160. The topological polar surface area (TPSA) is 54.3 Å². The second-order valence-electron chi connectivity index (χ2n) is 6.98. The van der Waals surface area contributed by atoms with Crippen molar-refractivity contribution >= 4 is 16.8 Å². The third-order valence-corrected chi connectivity index (χ3v) is 5.35. The molecule has 1 aromatic carbocycles. The molecule has 6 nitrogen and oxygen atoms in total. The third kappa shape index (κ3) is 3.45. The van der Waals surface area contributed by atoms with Crippen LogP contribution in [0.15, 0.2) is 48.7 Å². The number of hydrogen-bond donors (Lipinski definition) is 0. The maximum absolute atomic E-state index is 13.2. The van der Waals surface area contributed by atoms with E-state index in [2.05, 4.69) is 33.5 Å². The number of benzene rings is 1. The second kappa shape index (κ2) is 7.48. The summed E-state index contributed by atoms with van der Waals surface area (Å²) in [5.41, 5.74) is 2.43. The van der Waals surface area contributed by atoms with Crippen molar-refractivity contribution in [1.82, 2.24) is 24.6 Å². The van der Waals surface area contributed by atoms with Gasteiger partial charge in [-0.25, -0.2) is 4.98 Å². The van der Waals surface area contributed by atoms with Gasteiger partial charge in [-0.3, -0.25) is 9.48 Å². The van der Waals surface area contributed by atoms with E-state index in [0.29, 0.717) is 18.8 Å². The maximum Gasteiger partial charge on any atom is 0.272 e. The molecule has 140 valence electrons. The number of rotatable bonds is 5. The summed E-state index contributed by atoms with van der Waals surface area (Å²) in [5.74, 6) is -0.0160. The quantitative estimate of drug-likeness (QED) is 0.699. The van der Waals surface area contributed by atoms with Gasteiger partial charge in [0.2, 0.25) is 0 Å². The van der Waals surface area contributed by atoms with Gasteiger partial charge in [0.05, 0.1) is 23.8 Å². The number of para-hydroxylation sites is 1. The van der Waals surface area contributed by atoms with Gasteiger partial charge < -0.3 is 9.80 Å². The molecule has 1 aliphatic rings. The van der Waals surface area contributed by atoms with Crippen LogP contribution in [0.2, 0.25) is 0 Å². The zero-order chi connectivity index (χ0) is 18.8. The van der Waals surface area contributed by atoms with Gasteiger partial charge >= 0.3 is 0 Å². The molecule has 0 spiro atoms. The minimum Gasteiger partial charge on any atom is -0.329 e. The molecular weight excluding hydrogens is 338 g/mol. The van der Waals surface area contributed by atoms with Crippen molar-refractivity contribution in [1.29, 1.82) is 0 Å². The molecule has 0 saturated heterocycles. The van der Waals surface area contributed by atoms with Crippen molar-refractivity contribution in [3.8, 4) is 0 Å². The van der Waals surface area contributed by atoms with E-state index in [-0.39, 0.29) is 11.9 Å². The van der Waals surface area contributed by atoms with Gasteiger partial charge in [-0.1, -0.05) is 38.1 Å². The fraction of sp³-hybridized carbons (Fsp3) is 0.381. The molecule has 1 aliphatic heterocycles. The molecular formula is C21H25N5O. The van der Waals surface area contributed by atoms with Crippen LogP contribution < -0.4 is 0 Å². The minimum absolute atomic E-state index is 0.0160. The van der Waals surface area contributed by atoms with E-state index >= 15 is 0 Å². The summed E-state index contributed by atoms with van der Waals surface area (Å²) in [4.78, 5) is 22.0. The van der Waals surface area contributed by atoms with E-state index in [9.17, 15) is 4.79 Å². The van der Waals surface area contributed by atoms with Crippen molar-refractivity contribution < 1.29 is 4.79 Å². The molecule has 1 atom stereocenters. The van der Waals surface area contributed by atoms with Crippen LogP contribution in [0, 0.1) is 0 Å². The Bertz CT molecular complexity index is 946. The summed E-state index contributed by atoms with van der Waals surface area (Å²) in [6.45, 7) is 8.42. The Kier molecular flexibility index (Phi) is 4.90. The highest BCUT2D eigenvalue weighted by atomic mass is 16.2. The zero-order valence-electron chi connectivity index (χ0n) is 15.9. The predicted molar refractivity (Wildman–Crippen MR) is 106 cm³/mol. The Morgan fingerprint density at radius 3 is 2.78 bits per heavy atom. The van der Waals surface area contributed by atoms with E-state index in [1.807, 2.05) is 53.6 Å². The maximum atomic E-state index is 13.2. The highest BCUT2D eigenvalue weighted by Gasteiger charge is 2.30.